The van der Waals surface area contributed by atoms with Gasteiger partial charge in [0.2, 0.25) is 10.0 Å². The Labute approximate surface area is 232 Å². The van der Waals surface area contributed by atoms with Crippen molar-refractivity contribution in [2.24, 2.45) is 0 Å². The van der Waals surface area contributed by atoms with E-state index in [-0.39, 0.29) is 36.4 Å². The van der Waals surface area contributed by atoms with E-state index in [1.807, 2.05) is 73.2 Å². The standard InChI is InChI=1S/C27H33N3O4S.2ClH/c1-19(2)29-25-17-23(13-14-24(25)27(32)30-35(3,33)34)21-11-9-20(10-12-21)15-16-28-18-26(31)22-7-5-4-6-8-22;;/h4-14,17,19,26,28-29,31H,15-16,18H2,1-3H3,(H,30,32);2*1H/t26-;;/m0../s1. The first-order chi connectivity index (χ1) is 16.6. The third-order valence-corrected chi connectivity index (χ3v) is 5.94. The molecule has 0 fully saturated rings. The molecule has 0 aliphatic carbocycles. The molecule has 0 aliphatic heterocycles. The fourth-order valence-electron chi connectivity index (χ4n) is 3.70. The van der Waals surface area contributed by atoms with Crippen LogP contribution in [0.2, 0.25) is 0 Å². The van der Waals surface area contributed by atoms with Gasteiger partial charge in [0.25, 0.3) is 5.91 Å². The monoisotopic (exact) mass is 567 g/mol. The highest BCUT2D eigenvalue weighted by molar-refractivity contribution is 7.89. The summed E-state index contributed by atoms with van der Waals surface area (Å²) < 4.78 is 25.0. The molecule has 3 aromatic rings. The lowest BCUT2D eigenvalue weighted by Gasteiger charge is -2.16. The van der Waals surface area contributed by atoms with Gasteiger partial charge in [-0.25, -0.2) is 13.1 Å². The van der Waals surface area contributed by atoms with Crippen molar-refractivity contribution >= 4 is 46.4 Å². The van der Waals surface area contributed by atoms with Gasteiger partial charge in [0.15, 0.2) is 0 Å². The first kappa shape index (κ1) is 32.4. The van der Waals surface area contributed by atoms with Crippen molar-refractivity contribution in [1.29, 1.82) is 0 Å². The second-order valence-electron chi connectivity index (χ2n) is 8.84. The number of halogens is 2. The Bertz CT molecular complexity index is 1240. The molecule has 10 heteroatoms. The Hall–Kier alpha value is -2.62. The van der Waals surface area contributed by atoms with Gasteiger partial charge in [0.1, 0.15) is 0 Å². The van der Waals surface area contributed by atoms with Crippen LogP contribution in [0.5, 0.6) is 0 Å². The molecule has 0 spiro atoms. The van der Waals surface area contributed by atoms with Gasteiger partial charge in [-0.3, -0.25) is 4.79 Å². The Morgan fingerprint density at radius 2 is 1.54 bits per heavy atom. The van der Waals surface area contributed by atoms with Crippen LogP contribution in [-0.2, 0) is 16.4 Å². The number of hydrogen-bond acceptors (Lipinski definition) is 6. The largest absolute Gasteiger partial charge is 0.387 e. The number of carbonyl (C=O) groups excluding carboxylic acids is 1. The Morgan fingerprint density at radius 3 is 2.14 bits per heavy atom. The number of nitrogens with one attached hydrogen (secondary N) is 3. The minimum Gasteiger partial charge on any atom is -0.387 e. The van der Waals surface area contributed by atoms with E-state index in [1.54, 1.807) is 6.07 Å². The van der Waals surface area contributed by atoms with Crippen LogP contribution in [0.15, 0.2) is 72.8 Å². The number of aliphatic hydroxyl groups excluding tert-OH is 1. The van der Waals surface area contributed by atoms with Crippen molar-refractivity contribution < 1.29 is 18.3 Å². The van der Waals surface area contributed by atoms with Crippen LogP contribution in [-0.4, -0.2) is 44.8 Å². The molecule has 0 unspecified atom stereocenters. The molecule has 3 aromatic carbocycles. The van der Waals surface area contributed by atoms with E-state index in [4.69, 9.17) is 0 Å². The van der Waals surface area contributed by atoms with Crippen molar-refractivity contribution in [2.75, 3.05) is 24.7 Å². The highest BCUT2D eigenvalue weighted by atomic mass is 35.5. The van der Waals surface area contributed by atoms with Gasteiger partial charge < -0.3 is 15.7 Å². The summed E-state index contributed by atoms with van der Waals surface area (Å²) in [5.74, 6) is -0.664. The predicted octanol–water partition coefficient (Wildman–Crippen LogP) is 4.57. The van der Waals surface area contributed by atoms with Gasteiger partial charge in [-0.05, 0) is 61.2 Å². The molecule has 0 aromatic heterocycles. The summed E-state index contributed by atoms with van der Waals surface area (Å²) in [5.41, 5.74) is 4.82. The van der Waals surface area contributed by atoms with E-state index >= 15 is 0 Å². The van der Waals surface area contributed by atoms with Crippen molar-refractivity contribution in [2.45, 2.75) is 32.4 Å². The topological polar surface area (TPSA) is 108 Å². The van der Waals surface area contributed by atoms with Gasteiger partial charge in [-0.2, -0.15) is 0 Å². The number of anilines is 1. The van der Waals surface area contributed by atoms with E-state index in [0.29, 0.717) is 12.2 Å². The molecular formula is C27H35Cl2N3O4S. The van der Waals surface area contributed by atoms with E-state index in [0.717, 1.165) is 35.9 Å². The molecule has 1 atom stereocenters. The van der Waals surface area contributed by atoms with Crippen molar-refractivity contribution in [1.82, 2.24) is 10.0 Å². The minimum atomic E-state index is -3.66. The average molecular weight is 569 g/mol. The summed E-state index contributed by atoms with van der Waals surface area (Å²) in [7, 11) is -3.66. The lowest BCUT2D eigenvalue weighted by Crippen LogP contribution is -2.30. The average Bonchev–Trinajstić information content (AvgIpc) is 2.81. The normalized spacial score (nSPS) is 11.7. The summed E-state index contributed by atoms with van der Waals surface area (Å²) >= 11 is 0. The van der Waals surface area contributed by atoms with Crippen LogP contribution >= 0.6 is 24.8 Å². The van der Waals surface area contributed by atoms with Gasteiger partial charge >= 0.3 is 0 Å². The number of sulfonamides is 1. The number of carbonyl (C=O) groups is 1. The summed E-state index contributed by atoms with van der Waals surface area (Å²) in [4.78, 5) is 12.5. The SMILES string of the molecule is CC(C)Nc1cc(-c2ccc(CCNC[C@H](O)c3ccccc3)cc2)ccc1C(=O)NS(C)(=O)=O.Cl.Cl. The van der Waals surface area contributed by atoms with Crippen LogP contribution in [0.1, 0.15) is 41.4 Å². The van der Waals surface area contributed by atoms with Crippen LogP contribution in [0.25, 0.3) is 11.1 Å². The van der Waals surface area contributed by atoms with E-state index in [2.05, 4.69) is 22.8 Å². The maximum Gasteiger partial charge on any atom is 0.266 e. The highest BCUT2D eigenvalue weighted by Gasteiger charge is 2.17. The lowest BCUT2D eigenvalue weighted by molar-refractivity contribution is 0.0982. The molecular weight excluding hydrogens is 533 g/mol. The maximum absolute atomic E-state index is 12.5. The number of hydrogen-bond donors (Lipinski definition) is 4. The molecule has 0 radical (unpaired) electrons. The van der Waals surface area contributed by atoms with Crippen molar-refractivity contribution in [3.05, 3.63) is 89.5 Å². The summed E-state index contributed by atoms with van der Waals surface area (Å²) in [6.07, 6.45) is 1.25. The zero-order valence-electron chi connectivity index (χ0n) is 21.1. The van der Waals surface area contributed by atoms with E-state index in [9.17, 15) is 18.3 Å². The zero-order chi connectivity index (χ0) is 25.4. The molecule has 0 bridgehead atoms. The zero-order valence-corrected chi connectivity index (χ0v) is 23.6. The smallest absolute Gasteiger partial charge is 0.266 e. The van der Waals surface area contributed by atoms with Gasteiger partial charge in [0.05, 0.1) is 17.9 Å². The fraction of sp³-hybridized carbons (Fsp3) is 0.296. The van der Waals surface area contributed by atoms with Gasteiger partial charge in [-0.15, -0.1) is 24.8 Å². The number of aliphatic hydroxyl groups is 1. The number of rotatable bonds is 11. The molecule has 202 valence electrons. The molecule has 3 rings (SSSR count). The number of benzene rings is 3. The Morgan fingerprint density at radius 1 is 0.919 bits per heavy atom. The first-order valence-corrected chi connectivity index (χ1v) is 13.5. The predicted molar refractivity (Wildman–Crippen MR) is 155 cm³/mol. The van der Waals surface area contributed by atoms with Crippen molar-refractivity contribution in [3.63, 3.8) is 0 Å². The Balaban J connectivity index is 0.00000342. The highest BCUT2D eigenvalue weighted by Crippen LogP contribution is 2.27. The molecule has 0 saturated heterocycles. The van der Waals surface area contributed by atoms with Crippen LogP contribution in [0, 0.1) is 0 Å². The van der Waals surface area contributed by atoms with Crippen LogP contribution in [0.3, 0.4) is 0 Å². The minimum absolute atomic E-state index is 0. The first-order valence-electron chi connectivity index (χ1n) is 11.6. The maximum atomic E-state index is 12.5. The van der Waals surface area contributed by atoms with Gasteiger partial charge in [0, 0.05) is 18.3 Å². The second kappa shape index (κ2) is 15.0. The second-order valence-corrected chi connectivity index (χ2v) is 10.6. The summed E-state index contributed by atoms with van der Waals surface area (Å²) in [6.45, 7) is 5.14. The fourth-order valence-corrected chi connectivity index (χ4v) is 4.15. The van der Waals surface area contributed by atoms with Crippen LogP contribution in [0.4, 0.5) is 5.69 Å². The van der Waals surface area contributed by atoms with E-state index in [1.165, 1.54) is 5.56 Å². The molecule has 1 amide bonds. The molecule has 0 saturated carbocycles. The van der Waals surface area contributed by atoms with Crippen LogP contribution < -0.4 is 15.4 Å². The Kier molecular flexibility index (Phi) is 13.1. The molecule has 7 nitrogen and oxygen atoms in total. The van der Waals surface area contributed by atoms with E-state index < -0.39 is 22.0 Å². The molecule has 0 heterocycles. The third kappa shape index (κ3) is 10.3. The van der Waals surface area contributed by atoms with Gasteiger partial charge in [-0.1, -0.05) is 60.7 Å². The molecule has 37 heavy (non-hydrogen) atoms. The molecule has 4 N–H and O–H groups in total. The summed E-state index contributed by atoms with van der Waals surface area (Å²) in [5, 5.41) is 16.8. The van der Waals surface area contributed by atoms with Crippen molar-refractivity contribution in [3.8, 4) is 11.1 Å². The molecule has 0 aliphatic rings. The lowest BCUT2D eigenvalue weighted by atomic mass is 10.00. The number of amides is 1. The third-order valence-electron chi connectivity index (χ3n) is 5.39. The quantitative estimate of drug-likeness (QED) is 0.253. The summed E-state index contributed by atoms with van der Waals surface area (Å²) in [6, 6.07) is 23.1.